The molecule has 5 rings (SSSR count). The molecule has 0 spiro atoms. The third-order valence-electron chi connectivity index (χ3n) is 5.59. The summed E-state index contributed by atoms with van der Waals surface area (Å²) in [5.74, 6) is -0.712. The summed E-state index contributed by atoms with van der Waals surface area (Å²) >= 11 is 7.57. The molecule has 1 aromatic heterocycles. The predicted octanol–water partition coefficient (Wildman–Crippen LogP) is 4.96. The Bertz CT molecular complexity index is 1200. The molecule has 156 valence electrons. The summed E-state index contributed by atoms with van der Waals surface area (Å²) in [4.78, 5) is 28.6. The molecule has 1 unspecified atom stereocenters. The lowest BCUT2D eigenvalue weighted by atomic mass is 9.94. The molecule has 3 aromatic rings. The number of hydrogen-bond acceptors (Lipinski definition) is 5. The van der Waals surface area contributed by atoms with Gasteiger partial charge in [-0.2, -0.15) is 0 Å². The fourth-order valence-electron chi connectivity index (χ4n) is 4.09. The minimum Gasteiger partial charge on any atom is -0.507 e. The van der Waals surface area contributed by atoms with E-state index in [0.717, 1.165) is 22.6 Å². The monoisotopic (exact) mass is 451 g/mol. The van der Waals surface area contributed by atoms with Crippen LogP contribution in [0.2, 0.25) is 5.02 Å². The van der Waals surface area contributed by atoms with Crippen LogP contribution in [0.4, 0.5) is 0 Å². The Balaban J connectivity index is 1.64. The molecule has 2 aliphatic heterocycles. The van der Waals surface area contributed by atoms with Crippen LogP contribution in [0, 0.1) is 0 Å². The first-order valence-corrected chi connectivity index (χ1v) is 11.1. The molecule has 0 bridgehead atoms. The highest BCUT2D eigenvalue weighted by molar-refractivity contribution is 7.09. The molecule has 0 aliphatic carbocycles. The molecule has 2 aromatic carbocycles. The summed E-state index contributed by atoms with van der Waals surface area (Å²) < 4.78 is 5.54. The van der Waals surface area contributed by atoms with Gasteiger partial charge in [-0.1, -0.05) is 29.8 Å². The van der Waals surface area contributed by atoms with Gasteiger partial charge >= 0.3 is 0 Å². The second kappa shape index (κ2) is 7.87. The molecule has 0 radical (unpaired) electrons. The largest absolute Gasteiger partial charge is 0.507 e. The second-order valence-electron chi connectivity index (χ2n) is 7.48. The number of ether oxygens (including phenoxy) is 1. The Labute approximate surface area is 188 Å². The third-order valence-corrected chi connectivity index (χ3v) is 6.71. The highest BCUT2D eigenvalue weighted by Gasteiger charge is 2.46. The zero-order valence-corrected chi connectivity index (χ0v) is 17.9. The van der Waals surface area contributed by atoms with E-state index in [1.54, 1.807) is 36.4 Å². The molecule has 2 aliphatic rings. The van der Waals surface area contributed by atoms with Crippen molar-refractivity contribution in [3.63, 3.8) is 0 Å². The number of benzene rings is 2. The molecular weight excluding hydrogens is 434 g/mol. The van der Waals surface area contributed by atoms with Crippen LogP contribution in [0.1, 0.15) is 27.6 Å². The highest BCUT2D eigenvalue weighted by atomic mass is 35.5. The van der Waals surface area contributed by atoms with E-state index in [0.29, 0.717) is 22.8 Å². The van der Waals surface area contributed by atoms with E-state index in [1.165, 1.54) is 16.2 Å². The summed E-state index contributed by atoms with van der Waals surface area (Å²) in [6.07, 6.45) is 0.740. The molecule has 1 amide bonds. The molecule has 31 heavy (non-hydrogen) atoms. The van der Waals surface area contributed by atoms with E-state index in [4.69, 9.17) is 16.3 Å². The van der Waals surface area contributed by atoms with Gasteiger partial charge in [0.25, 0.3) is 11.7 Å². The average molecular weight is 452 g/mol. The topological polar surface area (TPSA) is 66.8 Å². The van der Waals surface area contributed by atoms with Gasteiger partial charge in [0, 0.05) is 21.9 Å². The van der Waals surface area contributed by atoms with Gasteiger partial charge in [-0.3, -0.25) is 9.59 Å². The normalized spacial score (nSPS) is 19.5. The van der Waals surface area contributed by atoms with Crippen molar-refractivity contribution in [1.29, 1.82) is 0 Å². The van der Waals surface area contributed by atoms with Crippen LogP contribution in [-0.2, 0) is 22.6 Å². The second-order valence-corrected chi connectivity index (χ2v) is 8.95. The number of fused-ring (bicyclic) bond motifs is 1. The SMILES string of the molecule is O=C1C(=O)N(Cc2cccs2)C(c2ccc(Cl)cc2)/C1=C(/O)c1ccc2c(c1)CCO2. The predicted molar refractivity (Wildman–Crippen MR) is 119 cm³/mol. The van der Waals surface area contributed by atoms with Gasteiger partial charge < -0.3 is 14.7 Å². The molecule has 1 saturated heterocycles. The molecular formula is C24H18ClNO4S. The first-order valence-electron chi connectivity index (χ1n) is 9.85. The Morgan fingerprint density at radius 3 is 2.71 bits per heavy atom. The maximum atomic E-state index is 13.1. The number of amides is 1. The number of rotatable bonds is 4. The lowest BCUT2D eigenvalue weighted by molar-refractivity contribution is -0.140. The van der Waals surface area contributed by atoms with Gasteiger partial charge in [-0.05, 0) is 52.9 Å². The van der Waals surface area contributed by atoms with Gasteiger partial charge in [0.15, 0.2) is 0 Å². The quantitative estimate of drug-likeness (QED) is 0.346. The van der Waals surface area contributed by atoms with Crippen molar-refractivity contribution in [3.05, 3.63) is 92.1 Å². The van der Waals surface area contributed by atoms with Crippen LogP contribution >= 0.6 is 22.9 Å². The number of thiophene rings is 1. The Morgan fingerprint density at radius 1 is 1.16 bits per heavy atom. The molecule has 3 heterocycles. The maximum absolute atomic E-state index is 13.1. The van der Waals surface area contributed by atoms with Crippen molar-refractivity contribution in [1.82, 2.24) is 4.90 Å². The number of carbonyl (C=O) groups is 2. The van der Waals surface area contributed by atoms with Crippen molar-refractivity contribution in [2.24, 2.45) is 0 Å². The van der Waals surface area contributed by atoms with E-state index < -0.39 is 17.7 Å². The summed E-state index contributed by atoms with van der Waals surface area (Å²) in [6.45, 7) is 0.875. The molecule has 1 fully saturated rings. The summed E-state index contributed by atoms with van der Waals surface area (Å²) in [5, 5.41) is 13.7. The average Bonchev–Trinajstić information content (AvgIpc) is 3.51. The van der Waals surface area contributed by atoms with Gasteiger partial charge in [0.2, 0.25) is 0 Å². The number of ketones is 1. The van der Waals surface area contributed by atoms with Crippen LogP contribution in [-0.4, -0.2) is 28.3 Å². The van der Waals surface area contributed by atoms with Gasteiger partial charge in [0.05, 0.1) is 24.8 Å². The Hall–Kier alpha value is -3.09. The van der Waals surface area contributed by atoms with E-state index in [-0.39, 0.29) is 17.9 Å². The molecule has 1 N–H and O–H groups in total. The summed E-state index contributed by atoms with van der Waals surface area (Å²) in [7, 11) is 0. The van der Waals surface area contributed by atoms with Crippen LogP contribution in [0.5, 0.6) is 5.75 Å². The smallest absolute Gasteiger partial charge is 0.295 e. The number of hydrogen-bond donors (Lipinski definition) is 1. The molecule has 7 heteroatoms. The lowest BCUT2D eigenvalue weighted by Gasteiger charge is -2.25. The number of halogens is 1. The number of likely N-dealkylation sites (tertiary alicyclic amines) is 1. The van der Waals surface area contributed by atoms with Crippen molar-refractivity contribution >= 4 is 40.4 Å². The Morgan fingerprint density at radius 2 is 1.97 bits per heavy atom. The molecule has 0 saturated carbocycles. The van der Waals surface area contributed by atoms with Gasteiger partial charge in [-0.15, -0.1) is 11.3 Å². The van der Waals surface area contributed by atoms with E-state index in [2.05, 4.69) is 0 Å². The highest BCUT2D eigenvalue weighted by Crippen LogP contribution is 2.41. The maximum Gasteiger partial charge on any atom is 0.295 e. The van der Waals surface area contributed by atoms with Crippen LogP contribution in [0.3, 0.4) is 0 Å². The first kappa shape index (κ1) is 19.8. The van der Waals surface area contributed by atoms with Crippen molar-refractivity contribution < 1.29 is 19.4 Å². The van der Waals surface area contributed by atoms with E-state index in [9.17, 15) is 14.7 Å². The van der Waals surface area contributed by atoms with E-state index >= 15 is 0 Å². The third kappa shape index (κ3) is 3.52. The summed E-state index contributed by atoms with van der Waals surface area (Å²) in [6, 6.07) is 15.4. The fourth-order valence-corrected chi connectivity index (χ4v) is 4.92. The zero-order valence-electron chi connectivity index (χ0n) is 16.4. The van der Waals surface area contributed by atoms with Crippen molar-refractivity contribution in [3.8, 4) is 5.75 Å². The number of carbonyl (C=O) groups excluding carboxylic acids is 2. The Kier molecular flexibility index (Phi) is 5.04. The van der Waals surface area contributed by atoms with Crippen molar-refractivity contribution in [2.45, 2.75) is 19.0 Å². The zero-order chi connectivity index (χ0) is 21.5. The fraction of sp³-hybridized carbons (Fsp3) is 0.167. The van der Waals surface area contributed by atoms with Gasteiger partial charge in [-0.25, -0.2) is 0 Å². The number of aliphatic hydroxyl groups excluding tert-OH is 1. The number of Topliss-reactive ketones (excluding diaryl/α,β-unsaturated/α-hetero) is 1. The molecule has 5 nitrogen and oxygen atoms in total. The first-order chi connectivity index (χ1) is 15.0. The standard InChI is InChI=1S/C24H18ClNO4S/c25-17-6-3-14(4-7-17)21-20(22(27)16-5-8-19-15(12-16)9-10-30-19)23(28)24(29)26(21)13-18-2-1-11-31-18/h1-8,11-12,21,27H,9-10,13H2/b22-20-. The lowest BCUT2D eigenvalue weighted by Crippen LogP contribution is -2.28. The summed E-state index contributed by atoms with van der Waals surface area (Å²) in [5.41, 5.74) is 2.27. The molecule has 1 atom stereocenters. The number of aliphatic hydroxyl groups is 1. The van der Waals surface area contributed by atoms with Crippen LogP contribution in [0.25, 0.3) is 5.76 Å². The van der Waals surface area contributed by atoms with Crippen molar-refractivity contribution in [2.75, 3.05) is 6.61 Å². The minimum atomic E-state index is -0.705. The van der Waals surface area contributed by atoms with Crippen LogP contribution < -0.4 is 4.74 Å². The van der Waals surface area contributed by atoms with E-state index in [1.807, 2.05) is 23.6 Å². The minimum absolute atomic E-state index is 0.0859. The van der Waals surface area contributed by atoms with Crippen LogP contribution in [0.15, 0.2) is 65.6 Å². The number of nitrogens with zero attached hydrogens (tertiary/aromatic N) is 1. The van der Waals surface area contributed by atoms with Gasteiger partial charge in [0.1, 0.15) is 11.5 Å².